The SMILES string of the molecule is CCCCCCCCCCCCCCCCCCCCCC(=O)O[C@H](COC(=O)CCCCCCCCCCCCC)COC(=O)CCCCCCCCCCCCCCCC(C)C. The van der Waals surface area contributed by atoms with Crippen molar-refractivity contribution in [3.63, 3.8) is 0 Å². The van der Waals surface area contributed by atoms with E-state index in [-0.39, 0.29) is 31.1 Å². The second-order valence-electron chi connectivity index (χ2n) is 20.4. The van der Waals surface area contributed by atoms with Crippen LogP contribution in [0.4, 0.5) is 0 Å². The fourth-order valence-corrected chi connectivity index (χ4v) is 8.92. The zero-order chi connectivity index (χ0) is 46.7. The van der Waals surface area contributed by atoms with Gasteiger partial charge in [-0.15, -0.1) is 0 Å². The van der Waals surface area contributed by atoms with Crippen molar-refractivity contribution >= 4 is 17.9 Å². The van der Waals surface area contributed by atoms with E-state index >= 15 is 0 Å². The zero-order valence-corrected chi connectivity index (χ0v) is 43.8. The number of ether oxygens (including phenoxy) is 3. The molecule has 6 nitrogen and oxygen atoms in total. The van der Waals surface area contributed by atoms with Gasteiger partial charge in [-0.05, 0) is 25.2 Å². The van der Waals surface area contributed by atoms with Gasteiger partial charge in [0.15, 0.2) is 6.10 Å². The molecule has 0 aliphatic heterocycles. The molecule has 0 saturated carbocycles. The van der Waals surface area contributed by atoms with Gasteiger partial charge in [0, 0.05) is 19.3 Å². The molecule has 0 aromatic heterocycles. The Morgan fingerprint density at radius 2 is 0.516 bits per heavy atom. The molecule has 0 N–H and O–H groups in total. The summed E-state index contributed by atoms with van der Waals surface area (Å²) in [6, 6.07) is 0. The number of carbonyl (C=O) groups is 3. The number of rotatable bonds is 53. The van der Waals surface area contributed by atoms with E-state index in [0.29, 0.717) is 19.3 Å². The zero-order valence-electron chi connectivity index (χ0n) is 43.8. The fraction of sp³-hybridized carbons (Fsp3) is 0.948. The lowest BCUT2D eigenvalue weighted by molar-refractivity contribution is -0.167. The smallest absolute Gasteiger partial charge is 0.306 e. The molecule has 6 heteroatoms. The quantitative estimate of drug-likeness (QED) is 0.0344. The molecule has 0 fully saturated rings. The van der Waals surface area contributed by atoms with Crippen LogP contribution in [0.3, 0.4) is 0 Å². The van der Waals surface area contributed by atoms with Crippen molar-refractivity contribution in [1.82, 2.24) is 0 Å². The second kappa shape index (κ2) is 52.4. The van der Waals surface area contributed by atoms with E-state index in [1.54, 1.807) is 0 Å². The van der Waals surface area contributed by atoms with Gasteiger partial charge in [0.1, 0.15) is 13.2 Å². The minimum absolute atomic E-state index is 0.0621. The predicted molar refractivity (Wildman–Crippen MR) is 275 cm³/mol. The van der Waals surface area contributed by atoms with Gasteiger partial charge in [0.2, 0.25) is 0 Å². The molecule has 380 valence electrons. The van der Waals surface area contributed by atoms with Crippen LogP contribution in [0.2, 0.25) is 0 Å². The molecule has 0 unspecified atom stereocenters. The summed E-state index contributed by atoms with van der Waals surface area (Å²) in [6.07, 6.45) is 56.7. The number of hydrogen-bond acceptors (Lipinski definition) is 6. The van der Waals surface area contributed by atoms with Gasteiger partial charge >= 0.3 is 17.9 Å². The first-order chi connectivity index (χ1) is 31.4. The molecular weight excluding hydrogens is 793 g/mol. The van der Waals surface area contributed by atoms with Crippen LogP contribution < -0.4 is 0 Å². The van der Waals surface area contributed by atoms with Crippen molar-refractivity contribution in [2.45, 2.75) is 336 Å². The van der Waals surface area contributed by atoms with Crippen molar-refractivity contribution in [2.75, 3.05) is 13.2 Å². The van der Waals surface area contributed by atoms with E-state index in [0.717, 1.165) is 63.7 Å². The lowest BCUT2D eigenvalue weighted by Crippen LogP contribution is -2.30. The average Bonchev–Trinajstić information content (AvgIpc) is 3.28. The summed E-state index contributed by atoms with van der Waals surface area (Å²) in [5.74, 6) is 0.00278. The Balaban J connectivity index is 4.25. The molecule has 0 rings (SSSR count). The molecule has 0 bridgehead atoms. The highest BCUT2D eigenvalue weighted by Gasteiger charge is 2.19. The van der Waals surface area contributed by atoms with E-state index in [1.807, 2.05) is 0 Å². The Morgan fingerprint density at radius 3 is 0.766 bits per heavy atom. The highest BCUT2D eigenvalue weighted by Crippen LogP contribution is 2.18. The predicted octanol–water partition coefficient (Wildman–Crippen LogP) is 19.0. The molecule has 0 amide bonds. The third-order valence-electron chi connectivity index (χ3n) is 13.3. The standard InChI is InChI=1S/C58H112O6/c1-5-7-9-11-13-15-17-18-19-20-21-22-23-26-31-35-39-43-47-51-58(61)64-55(52-62-56(59)49-45-41-37-33-28-16-14-12-10-8-6-2)53-63-57(60)50-46-42-38-34-30-27-24-25-29-32-36-40-44-48-54(3)4/h54-55H,5-53H2,1-4H3/t55-/m1/s1. The molecule has 0 radical (unpaired) electrons. The van der Waals surface area contributed by atoms with Crippen LogP contribution in [0.15, 0.2) is 0 Å². The molecule has 0 aromatic carbocycles. The normalized spacial score (nSPS) is 12.0. The first-order valence-corrected chi connectivity index (χ1v) is 28.9. The number of hydrogen-bond donors (Lipinski definition) is 0. The summed E-state index contributed by atoms with van der Waals surface area (Å²) in [5, 5.41) is 0. The van der Waals surface area contributed by atoms with Crippen molar-refractivity contribution in [1.29, 1.82) is 0 Å². The molecule has 0 saturated heterocycles. The van der Waals surface area contributed by atoms with Crippen LogP contribution in [0.25, 0.3) is 0 Å². The lowest BCUT2D eigenvalue weighted by atomic mass is 10.0. The first kappa shape index (κ1) is 62.4. The Hall–Kier alpha value is -1.59. The lowest BCUT2D eigenvalue weighted by Gasteiger charge is -2.18. The van der Waals surface area contributed by atoms with Gasteiger partial charge in [-0.25, -0.2) is 0 Å². The van der Waals surface area contributed by atoms with Gasteiger partial charge < -0.3 is 14.2 Å². The number of unbranched alkanes of at least 4 members (excludes halogenated alkanes) is 40. The monoisotopic (exact) mass is 905 g/mol. The minimum Gasteiger partial charge on any atom is -0.462 e. The Labute approximate surface area is 399 Å². The molecule has 0 spiro atoms. The average molecular weight is 906 g/mol. The van der Waals surface area contributed by atoms with Crippen molar-refractivity contribution in [3.8, 4) is 0 Å². The molecular formula is C58H112O6. The maximum atomic E-state index is 12.8. The summed E-state index contributed by atoms with van der Waals surface area (Å²) in [5.41, 5.74) is 0. The third-order valence-corrected chi connectivity index (χ3v) is 13.3. The number of carbonyl (C=O) groups excluding carboxylic acids is 3. The van der Waals surface area contributed by atoms with Crippen LogP contribution in [-0.2, 0) is 28.6 Å². The van der Waals surface area contributed by atoms with Crippen LogP contribution in [0.5, 0.6) is 0 Å². The summed E-state index contributed by atoms with van der Waals surface area (Å²) < 4.78 is 16.9. The van der Waals surface area contributed by atoms with Crippen LogP contribution in [0.1, 0.15) is 329 Å². The van der Waals surface area contributed by atoms with Crippen molar-refractivity contribution < 1.29 is 28.6 Å². The molecule has 0 aromatic rings. The van der Waals surface area contributed by atoms with E-state index in [1.165, 1.54) is 225 Å². The summed E-state index contributed by atoms with van der Waals surface area (Å²) >= 11 is 0. The Bertz CT molecular complexity index is 964. The molecule has 0 heterocycles. The topological polar surface area (TPSA) is 78.9 Å². The summed E-state index contributed by atoms with van der Waals surface area (Å²) in [7, 11) is 0. The molecule has 64 heavy (non-hydrogen) atoms. The molecule has 0 aliphatic rings. The molecule has 1 atom stereocenters. The van der Waals surface area contributed by atoms with Gasteiger partial charge in [-0.3, -0.25) is 14.4 Å². The highest BCUT2D eigenvalue weighted by atomic mass is 16.6. The van der Waals surface area contributed by atoms with E-state index in [4.69, 9.17) is 14.2 Å². The van der Waals surface area contributed by atoms with Gasteiger partial charge in [-0.1, -0.05) is 291 Å². The maximum absolute atomic E-state index is 12.8. The van der Waals surface area contributed by atoms with Crippen LogP contribution in [0, 0.1) is 5.92 Å². The van der Waals surface area contributed by atoms with Gasteiger partial charge in [0.05, 0.1) is 0 Å². The third kappa shape index (κ3) is 51.4. The summed E-state index contributed by atoms with van der Waals surface area (Å²) in [6.45, 7) is 9.05. The fourth-order valence-electron chi connectivity index (χ4n) is 8.92. The molecule has 0 aliphatic carbocycles. The minimum atomic E-state index is -0.761. The first-order valence-electron chi connectivity index (χ1n) is 28.9. The van der Waals surface area contributed by atoms with Gasteiger partial charge in [-0.2, -0.15) is 0 Å². The Morgan fingerprint density at radius 1 is 0.297 bits per heavy atom. The maximum Gasteiger partial charge on any atom is 0.306 e. The van der Waals surface area contributed by atoms with E-state index in [9.17, 15) is 14.4 Å². The highest BCUT2D eigenvalue weighted by molar-refractivity contribution is 5.71. The van der Waals surface area contributed by atoms with Crippen LogP contribution >= 0.6 is 0 Å². The van der Waals surface area contributed by atoms with E-state index < -0.39 is 6.10 Å². The van der Waals surface area contributed by atoms with Crippen molar-refractivity contribution in [2.24, 2.45) is 5.92 Å². The van der Waals surface area contributed by atoms with Crippen molar-refractivity contribution in [3.05, 3.63) is 0 Å². The second-order valence-corrected chi connectivity index (χ2v) is 20.4. The van der Waals surface area contributed by atoms with Crippen LogP contribution in [-0.4, -0.2) is 37.2 Å². The Kier molecular flexibility index (Phi) is 51.1. The van der Waals surface area contributed by atoms with E-state index in [2.05, 4.69) is 27.7 Å². The largest absolute Gasteiger partial charge is 0.462 e. The number of esters is 3. The van der Waals surface area contributed by atoms with Gasteiger partial charge in [0.25, 0.3) is 0 Å². The summed E-state index contributed by atoms with van der Waals surface area (Å²) in [4.78, 5) is 38.1.